The van der Waals surface area contributed by atoms with Crippen molar-refractivity contribution in [2.75, 3.05) is 5.32 Å². The van der Waals surface area contributed by atoms with Crippen LogP contribution < -0.4 is 5.32 Å². The quantitative estimate of drug-likeness (QED) is 0.264. The molecule has 0 spiro atoms. The number of halogens is 3. The fraction of sp³-hybridized carbons (Fsp3) is 0.179. The number of carboxylic acids is 1. The van der Waals surface area contributed by atoms with Crippen molar-refractivity contribution in [2.45, 2.75) is 32.5 Å². The second-order valence-corrected chi connectivity index (χ2v) is 8.57. The van der Waals surface area contributed by atoms with Crippen LogP contribution in [0.25, 0.3) is 22.5 Å². The minimum Gasteiger partial charge on any atom is -0.481 e. The van der Waals surface area contributed by atoms with E-state index in [1.165, 1.54) is 25.1 Å². The molecule has 0 aliphatic rings. The van der Waals surface area contributed by atoms with E-state index < -0.39 is 29.9 Å². The third-order valence-electron chi connectivity index (χ3n) is 5.87. The average molecular weight is 524 g/mol. The zero-order chi connectivity index (χ0) is 27.4. The van der Waals surface area contributed by atoms with E-state index in [9.17, 15) is 22.8 Å². The SMILES string of the molecule is Cc1noc(-c2ccc(-c3ccc(CC(=O)O)cc3)cc2)c1NC(=O)O[C@@H](C)c1ccccc1C(F)(F)F. The number of nitrogens with one attached hydrogen (secondary N) is 1. The molecule has 0 aliphatic heterocycles. The van der Waals surface area contributed by atoms with Gasteiger partial charge in [-0.3, -0.25) is 10.1 Å². The van der Waals surface area contributed by atoms with Gasteiger partial charge in [0.15, 0.2) is 5.76 Å². The number of hydrogen-bond donors (Lipinski definition) is 2. The highest BCUT2D eigenvalue weighted by molar-refractivity contribution is 5.91. The smallest absolute Gasteiger partial charge is 0.416 e. The number of carboxylic acid groups (broad SMARTS) is 1. The van der Waals surface area contributed by atoms with E-state index in [-0.39, 0.29) is 23.4 Å². The Morgan fingerprint density at radius 3 is 2.16 bits per heavy atom. The van der Waals surface area contributed by atoms with Crippen molar-refractivity contribution in [1.29, 1.82) is 0 Å². The van der Waals surface area contributed by atoms with E-state index in [0.717, 1.165) is 17.2 Å². The number of hydrogen-bond acceptors (Lipinski definition) is 5. The van der Waals surface area contributed by atoms with Gasteiger partial charge in [0.1, 0.15) is 17.5 Å². The van der Waals surface area contributed by atoms with Crippen LogP contribution in [0.3, 0.4) is 0 Å². The molecule has 3 aromatic carbocycles. The van der Waals surface area contributed by atoms with Gasteiger partial charge < -0.3 is 14.4 Å². The number of alkyl halides is 3. The normalized spacial score (nSPS) is 12.1. The number of ether oxygens (including phenoxy) is 1. The lowest BCUT2D eigenvalue weighted by atomic mass is 10.0. The van der Waals surface area contributed by atoms with E-state index in [1.807, 2.05) is 24.3 Å². The summed E-state index contributed by atoms with van der Waals surface area (Å²) in [5.74, 6) is -0.649. The van der Waals surface area contributed by atoms with E-state index in [0.29, 0.717) is 16.8 Å². The first-order valence-corrected chi connectivity index (χ1v) is 11.5. The number of aryl methyl sites for hydroxylation is 1. The summed E-state index contributed by atoms with van der Waals surface area (Å²) in [6.07, 6.45) is -6.77. The molecule has 7 nitrogen and oxygen atoms in total. The lowest BCUT2D eigenvalue weighted by Crippen LogP contribution is -2.19. The van der Waals surface area contributed by atoms with Gasteiger partial charge in [0.2, 0.25) is 0 Å². The maximum absolute atomic E-state index is 13.3. The van der Waals surface area contributed by atoms with Gasteiger partial charge >= 0.3 is 18.2 Å². The molecule has 1 amide bonds. The van der Waals surface area contributed by atoms with Crippen molar-refractivity contribution in [3.05, 3.63) is 95.2 Å². The van der Waals surface area contributed by atoms with Crippen LogP contribution in [0.2, 0.25) is 0 Å². The molecule has 1 heterocycles. The predicted octanol–water partition coefficient (Wildman–Crippen LogP) is 7.27. The van der Waals surface area contributed by atoms with Crippen LogP contribution in [0.5, 0.6) is 0 Å². The van der Waals surface area contributed by atoms with Crippen LogP contribution >= 0.6 is 0 Å². The van der Waals surface area contributed by atoms with Gasteiger partial charge in [-0.05, 0) is 36.6 Å². The Hall–Kier alpha value is -4.60. The van der Waals surface area contributed by atoms with Gasteiger partial charge in [0, 0.05) is 11.1 Å². The summed E-state index contributed by atoms with van der Waals surface area (Å²) in [5.41, 5.74) is 2.60. The molecule has 10 heteroatoms. The summed E-state index contributed by atoms with van der Waals surface area (Å²) in [6, 6.07) is 19.2. The van der Waals surface area contributed by atoms with Gasteiger partial charge in [-0.15, -0.1) is 0 Å². The number of amides is 1. The largest absolute Gasteiger partial charge is 0.481 e. The standard InChI is InChI=1S/C28H23F3N2O5/c1-16-25(32-27(36)37-17(2)22-5-3-4-6-23(22)28(29,30)31)26(38-33-16)21-13-11-20(12-14-21)19-9-7-18(8-10-19)15-24(34)35/h3-14,17H,15H2,1-2H3,(H,32,36)(H,34,35)/t17-/m0/s1. The lowest BCUT2D eigenvalue weighted by molar-refractivity contribution is -0.139. The first-order chi connectivity index (χ1) is 18.0. The lowest BCUT2D eigenvalue weighted by Gasteiger charge is -2.19. The summed E-state index contributed by atoms with van der Waals surface area (Å²) in [6.45, 7) is 2.97. The Morgan fingerprint density at radius 1 is 0.974 bits per heavy atom. The third-order valence-corrected chi connectivity index (χ3v) is 5.87. The van der Waals surface area contributed by atoms with E-state index in [1.54, 1.807) is 31.2 Å². The molecule has 1 atom stereocenters. The van der Waals surface area contributed by atoms with Gasteiger partial charge in [0.05, 0.1) is 12.0 Å². The minimum atomic E-state index is -4.59. The Labute approximate surface area is 215 Å². The number of aromatic nitrogens is 1. The highest BCUT2D eigenvalue weighted by Gasteiger charge is 2.35. The number of carbonyl (C=O) groups is 2. The fourth-order valence-electron chi connectivity index (χ4n) is 3.98. The van der Waals surface area contributed by atoms with Crippen molar-refractivity contribution < 1.29 is 37.1 Å². The molecule has 0 bridgehead atoms. The molecule has 0 aliphatic carbocycles. The molecule has 0 fully saturated rings. The van der Waals surface area contributed by atoms with Crippen LogP contribution in [-0.2, 0) is 22.1 Å². The van der Waals surface area contributed by atoms with Crippen LogP contribution in [0.15, 0.2) is 77.3 Å². The molecular formula is C28H23F3N2O5. The number of benzene rings is 3. The Kier molecular flexibility index (Phi) is 7.52. The first kappa shape index (κ1) is 26.5. The maximum atomic E-state index is 13.3. The molecule has 0 unspecified atom stereocenters. The Balaban J connectivity index is 1.49. The molecule has 0 saturated carbocycles. The molecular weight excluding hydrogens is 501 g/mol. The summed E-state index contributed by atoms with van der Waals surface area (Å²) < 4.78 is 50.7. The van der Waals surface area contributed by atoms with E-state index in [2.05, 4.69) is 10.5 Å². The van der Waals surface area contributed by atoms with Crippen LogP contribution in [0.1, 0.15) is 35.4 Å². The fourth-order valence-corrected chi connectivity index (χ4v) is 3.98. The molecule has 0 radical (unpaired) electrons. The Bertz CT molecular complexity index is 1440. The van der Waals surface area contributed by atoms with Crippen LogP contribution in [-0.4, -0.2) is 22.3 Å². The number of carbonyl (C=O) groups excluding carboxylic acids is 1. The first-order valence-electron chi connectivity index (χ1n) is 11.5. The van der Waals surface area contributed by atoms with Crippen molar-refractivity contribution in [1.82, 2.24) is 5.16 Å². The average Bonchev–Trinajstić information content (AvgIpc) is 3.23. The topological polar surface area (TPSA) is 102 Å². The molecule has 1 aromatic heterocycles. The van der Waals surface area contributed by atoms with Crippen molar-refractivity contribution in [3.8, 4) is 22.5 Å². The minimum absolute atomic E-state index is 0.0596. The van der Waals surface area contributed by atoms with Gasteiger partial charge in [-0.1, -0.05) is 71.9 Å². The summed E-state index contributed by atoms with van der Waals surface area (Å²) >= 11 is 0. The maximum Gasteiger partial charge on any atom is 0.416 e. The van der Waals surface area contributed by atoms with Crippen molar-refractivity contribution >= 4 is 17.7 Å². The zero-order valence-electron chi connectivity index (χ0n) is 20.4. The van der Waals surface area contributed by atoms with E-state index in [4.69, 9.17) is 14.4 Å². The number of aliphatic carboxylic acids is 1. The van der Waals surface area contributed by atoms with Crippen LogP contribution in [0.4, 0.5) is 23.7 Å². The van der Waals surface area contributed by atoms with Gasteiger partial charge in [-0.25, -0.2) is 4.79 Å². The highest BCUT2D eigenvalue weighted by Crippen LogP contribution is 2.36. The van der Waals surface area contributed by atoms with Crippen molar-refractivity contribution in [2.24, 2.45) is 0 Å². The highest BCUT2D eigenvalue weighted by atomic mass is 19.4. The second kappa shape index (κ2) is 10.8. The van der Waals surface area contributed by atoms with Crippen LogP contribution in [0, 0.1) is 6.92 Å². The molecule has 0 saturated heterocycles. The summed E-state index contributed by atoms with van der Waals surface area (Å²) in [4.78, 5) is 23.5. The zero-order valence-corrected chi connectivity index (χ0v) is 20.4. The second-order valence-electron chi connectivity index (χ2n) is 8.57. The number of anilines is 1. The Morgan fingerprint density at radius 2 is 1.55 bits per heavy atom. The summed E-state index contributed by atoms with van der Waals surface area (Å²) in [5, 5.41) is 15.4. The van der Waals surface area contributed by atoms with Crippen molar-refractivity contribution in [3.63, 3.8) is 0 Å². The number of rotatable bonds is 7. The third kappa shape index (κ3) is 6.03. The molecule has 2 N–H and O–H groups in total. The number of nitrogens with zero attached hydrogens (tertiary/aromatic N) is 1. The van der Waals surface area contributed by atoms with E-state index >= 15 is 0 Å². The molecule has 38 heavy (non-hydrogen) atoms. The summed E-state index contributed by atoms with van der Waals surface area (Å²) in [7, 11) is 0. The monoisotopic (exact) mass is 524 g/mol. The molecule has 4 rings (SSSR count). The molecule has 196 valence electrons. The van der Waals surface area contributed by atoms with Gasteiger partial charge in [-0.2, -0.15) is 13.2 Å². The predicted molar refractivity (Wildman–Crippen MR) is 133 cm³/mol. The molecule has 4 aromatic rings. The van der Waals surface area contributed by atoms with Gasteiger partial charge in [0.25, 0.3) is 0 Å².